The molecule has 1 aromatic carbocycles. The van der Waals surface area contributed by atoms with Crippen molar-refractivity contribution < 1.29 is 18.7 Å². The van der Waals surface area contributed by atoms with Gasteiger partial charge in [0, 0.05) is 23.6 Å². The minimum Gasteiger partial charge on any atom is -0.410 e. The first-order chi connectivity index (χ1) is 12.4. The second-order valence-corrected chi connectivity index (χ2v) is 14.1. The average Bonchev–Trinajstić information content (AvgIpc) is 2.54. The van der Waals surface area contributed by atoms with Gasteiger partial charge in [0.15, 0.2) is 8.32 Å². The number of rotatable bonds is 6. The van der Waals surface area contributed by atoms with Crippen LogP contribution in [-0.4, -0.2) is 25.9 Å². The van der Waals surface area contributed by atoms with E-state index in [1.54, 1.807) is 0 Å². The molecule has 0 aromatic heterocycles. The molecule has 27 heavy (non-hydrogen) atoms. The van der Waals surface area contributed by atoms with Crippen LogP contribution in [0.1, 0.15) is 57.3 Å². The van der Waals surface area contributed by atoms with E-state index >= 15 is 0 Å². The number of carbonyl (C=O) groups excluding carboxylic acids is 1. The summed E-state index contributed by atoms with van der Waals surface area (Å²) in [6.07, 6.45) is 1.55. The molecule has 1 aliphatic rings. The summed E-state index contributed by atoms with van der Waals surface area (Å²) in [6.45, 7) is 11.1. The Morgan fingerprint density at radius 1 is 1.41 bits per heavy atom. The van der Waals surface area contributed by atoms with E-state index < -0.39 is 14.1 Å². The predicted octanol–water partition coefficient (Wildman–Crippen LogP) is 4.95. The van der Waals surface area contributed by atoms with Gasteiger partial charge in [0.25, 0.3) is 0 Å². The average molecular weight is 416 g/mol. The number of benzene rings is 1. The number of aliphatic hydroxyl groups is 1. The van der Waals surface area contributed by atoms with Gasteiger partial charge in [-0.15, -0.1) is 0 Å². The molecule has 7 heteroatoms. The van der Waals surface area contributed by atoms with Crippen LogP contribution in [0.5, 0.6) is 0 Å². The van der Waals surface area contributed by atoms with E-state index in [-0.39, 0.29) is 34.6 Å². The van der Waals surface area contributed by atoms with Gasteiger partial charge in [-0.3, -0.25) is 4.79 Å². The maximum Gasteiger partial charge on any atom is 0.220 e. The molecule has 1 aliphatic heterocycles. The third kappa shape index (κ3) is 5.53. The second kappa shape index (κ2) is 8.60. The van der Waals surface area contributed by atoms with Crippen molar-refractivity contribution in [2.24, 2.45) is 5.92 Å². The Bertz CT molecular complexity index is 681. The molecule has 1 aromatic rings. The second-order valence-electron chi connectivity index (χ2n) is 8.92. The molecule has 0 radical (unpaired) electrons. The van der Waals surface area contributed by atoms with Crippen molar-refractivity contribution in [3.8, 4) is 0 Å². The molecule has 2 N–H and O–H groups in total. The lowest BCUT2D eigenvalue weighted by Gasteiger charge is -2.41. The van der Waals surface area contributed by atoms with Crippen LogP contribution in [0.4, 0.5) is 4.39 Å². The number of carbonyl (C=O) groups is 1. The fourth-order valence-corrected chi connectivity index (χ4v) is 4.70. The molecule has 0 aliphatic carbocycles. The highest BCUT2D eigenvalue weighted by atomic mass is 35.5. The summed E-state index contributed by atoms with van der Waals surface area (Å²) in [5.74, 6) is -0.128. The van der Waals surface area contributed by atoms with Gasteiger partial charge in [-0.2, -0.15) is 0 Å². The fraction of sp³-hybridized carbons (Fsp3) is 0.650. The Morgan fingerprint density at radius 2 is 2.07 bits per heavy atom. The number of hydrogen-bond acceptors (Lipinski definition) is 3. The summed E-state index contributed by atoms with van der Waals surface area (Å²) >= 11 is 6.20. The van der Waals surface area contributed by atoms with Crippen molar-refractivity contribution in [2.45, 2.75) is 70.9 Å². The molecule has 2 rings (SSSR count). The highest BCUT2D eigenvalue weighted by Crippen LogP contribution is 2.43. The van der Waals surface area contributed by atoms with Gasteiger partial charge >= 0.3 is 0 Å². The quantitative estimate of drug-likeness (QED) is 0.646. The van der Waals surface area contributed by atoms with Crippen LogP contribution in [0.2, 0.25) is 23.2 Å². The zero-order valence-corrected chi connectivity index (χ0v) is 18.6. The van der Waals surface area contributed by atoms with Crippen LogP contribution in [0.25, 0.3) is 0 Å². The largest absolute Gasteiger partial charge is 0.410 e. The summed E-state index contributed by atoms with van der Waals surface area (Å²) in [5, 5.41) is 12.9. The van der Waals surface area contributed by atoms with E-state index in [2.05, 4.69) is 39.2 Å². The Hall–Kier alpha value is -0.953. The van der Waals surface area contributed by atoms with Gasteiger partial charge in [0.2, 0.25) is 5.91 Å². The first-order valence-corrected chi connectivity index (χ1v) is 12.8. The number of halogens is 2. The molecule has 2 atom stereocenters. The molecule has 1 amide bonds. The molecular formula is C20H31ClFNO3Si. The first-order valence-electron chi connectivity index (χ1n) is 9.48. The summed E-state index contributed by atoms with van der Waals surface area (Å²) < 4.78 is 20.8. The lowest BCUT2D eigenvalue weighted by Crippen LogP contribution is -2.43. The van der Waals surface area contributed by atoms with Crippen LogP contribution in [-0.2, 0) is 15.8 Å². The molecule has 0 saturated carbocycles. The topological polar surface area (TPSA) is 58.6 Å². The van der Waals surface area contributed by atoms with E-state index in [4.69, 9.17) is 16.0 Å². The smallest absolute Gasteiger partial charge is 0.220 e. The van der Waals surface area contributed by atoms with Crippen LogP contribution in [0.15, 0.2) is 12.1 Å². The molecule has 1 heterocycles. The van der Waals surface area contributed by atoms with Crippen molar-refractivity contribution in [2.75, 3.05) is 6.54 Å². The van der Waals surface area contributed by atoms with Crippen molar-refractivity contribution in [3.05, 3.63) is 34.1 Å². The SMILES string of the molecule is CC(C)(C)[Si](C)(C)O[C@@H](C[C@@H]1CCC(=O)NC1)c1cc(F)cc(Cl)c1CO. The summed E-state index contributed by atoms with van der Waals surface area (Å²) in [5.41, 5.74) is 1.13. The van der Waals surface area contributed by atoms with Gasteiger partial charge in [0.05, 0.1) is 12.7 Å². The first kappa shape index (κ1) is 22.3. The third-order valence-electron chi connectivity index (χ3n) is 5.86. The van der Waals surface area contributed by atoms with Crippen LogP contribution < -0.4 is 5.32 Å². The van der Waals surface area contributed by atoms with E-state index in [1.165, 1.54) is 12.1 Å². The normalized spacial score (nSPS) is 19.7. The molecular weight excluding hydrogens is 385 g/mol. The van der Waals surface area contributed by atoms with Crippen molar-refractivity contribution >= 4 is 25.8 Å². The Morgan fingerprint density at radius 3 is 2.59 bits per heavy atom. The van der Waals surface area contributed by atoms with E-state index in [0.29, 0.717) is 30.5 Å². The Kier molecular flexibility index (Phi) is 7.11. The Labute approximate surface area is 167 Å². The van der Waals surface area contributed by atoms with Crippen molar-refractivity contribution in [1.29, 1.82) is 0 Å². The molecule has 0 spiro atoms. The fourth-order valence-electron chi connectivity index (χ4n) is 3.14. The summed E-state index contributed by atoms with van der Waals surface area (Å²) in [6, 6.07) is 2.65. The molecule has 152 valence electrons. The molecule has 0 unspecified atom stereocenters. The lowest BCUT2D eigenvalue weighted by atomic mass is 9.89. The molecule has 4 nitrogen and oxygen atoms in total. The zero-order valence-electron chi connectivity index (χ0n) is 16.9. The van der Waals surface area contributed by atoms with E-state index in [1.807, 2.05) is 0 Å². The maximum atomic E-state index is 14.1. The van der Waals surface area contributed by atoms with Gasteiger partial charge in [-0.1, -0.05) is 32.4 Å². The monoisotopic (exact) mass is 415 g/mol. The molecule has 1 fully saturated rings. The minimum absolute atomic E-state index is 0.0114. The molecule has 0 bridgehead atoms. The highest BCUT2D eigenvalue weighted by molar-refractivity contribution is 6.74. The standard InChI is InChI=1S/C20H31ClFNO3Si/c1-20(2,3)27(4,5)26-18(8-13-6-7-19(25)23-11-13)15-9-14(22)10-17(21)16(15)12-24/h9-10,13,18,24H,6-8,11-12H2,1-5H3,(H,23,25)/t13-,18-/m0/s1. The van der Waals surface area contributed by atoms with Crippen LogP contribution >= 0.6 is 11.6 Å². The summed E-state index contributed by atoms with van der Waals surface area (Å²) in [7, 11) is -2.15. The van der Waals surface area contributed by atoms with Gasteiger partial charge in [-0.05, 0) is 54.6 Å². The number of hydrogen-bond donors (Lipinski definition) is 2. The summed E-state index contributed by atoms with van der Waals surface area (Å²) in [4.78, 5) is 11.5. The number of amides is 1. The van der Waals surface area contributed by atoms with Gasteiger partial charge in [0.1, 0.15) is 5.82 Å². The molecule has 1 saturated heterocycles. The van der Waals surface area contributed by atoms with Crippen molar-refractivity contribution in [3.63, 3.8) is 0 Å². The Balaban J connectivity index is 2.39. The number of aliphatic hydroxyl groups excluding tert-OH is 1. The van der Waals surface area contributed by atoms with Crippen LogP contribution in [0.3, 0.4) is 0 Å². The van der Waals surface area contributed by atoms with E-state index in [9.17, 15) is 14.3 Å². The number of piperidine rings is 1. The third-order valence-corrected chi connectivity index (χ3v) is 10.7. The highest BCUT2D eigenvalue weighted by Gasteiger charge is 2.40. The van der Waals surface area contributed by atoms with Gasteiger partial charge < -0.3 is 14.8 Å². The number of nitrogens with one attached hydrogen (secondary N) is 1. The van der Waals surface area contributed by atoms with Gasteiger partial charge in [-0.25, -0.2) is 4.39 Å². The van der Waals surface area contributed by atoms with E-state index in [0.717, 1.165) is 6.42 Å². The lowest BCUT2D eigenvalue weighted by molar-refractivity contribution is -0.123. The minimum atomic E-state index is -2.15. The van der Waals surface area contributed by atoms with Crippen LogP contribution in [0, 0.1) is 11.7 Å². The maximum absolute atomic E-state index is 14.1. The zero-order chi connectivity index (χ0) is 20.4. The van der Waals surface area contributed by atoms with Crippen molar-refractivity contribution in [1.82, 2.24) is 5.32 Å². The predicted molar refractivity (Wildman–Crippen MR) is 109 cm³/mol.